The van der Waals surface area contributed by atoms with Crippen molar-refractivity contribution < 1.29 is 32.2 Å². The second-order valence-corrected chi connectivity index (χ2v) is 10.1. The van der Waals surface area contributed by atoms with Crippen molar-refractivity contribution in [1.29, 1.82) is 0 Å². The summed E-state index contributed by atoms with van der Waals surface area (Å²) in [6, 6.07) is 8.76. The van der Waals surface area contributed by atoms with Crippen LogP contribution in [0, 0.1) is 5.82 Å². The SMILES string of the molecule is O=C(O)[C@H](CCN(CCCCc1ccc2c(n1)NCCC2)CCOc1ccc(F)cc1)Nc1ncc(C(F)(F)F)cn1. The van der Waals surface area contributed by atoms with E-state index in [9.17, 15) is 27.5 Å². The average Bonchev–Trinajstić information content (AvgIpc) is 2.97. The van der Waals surface area contributed by atoms with Crippen LogP contribution in [-0.4, -0.2) is 69.8 Å². The third-order valence-corrected chi connectivity index (χ3v) is 6.91. The molecule has 0 radical (unpaired) electrons. The molecule has 0 fully saturated rings. The molecular formula is C29H34F4N6O3. The van der Waals surface area contributed by atoms with Crippen LogP contribution in [0.3, 0.4) is 0 Å². The number of carboxylic acid groups (broad SMARTS) is 1. The number of hydrogen-bond acceptors (Lipinski definition) is 8. The number of carbonyl (C=O) groups is 1. The number of benzene rings is 1. The summed E-state index contributed by atoms with van der Waals surface area (Å²) in [6.45, 7) is 2.76. The Bertz CT molecular complexity index is 1290. The first-order valence-corrected chi connectivity index (χ1v) is 13.9. The fourth-order valence-corrected chi connectivity index (χ4v) is 4.58. The molecule has 0 saturated heterocycles. The van der Waals surface area contributed by atoms with E-state index in [0.29, 0.717) is 44.4 Å². The minimum Gasteiger partial charge on any atom is -0.492 e. The summed E-state index contributed by atoms with van der Waals surface area (Å²) in [5.74, 6) is -0.255. The highest BCUT2D eigenvalue weighted by atomic mass is 19.4. The standard InChI is InChI=1S/C29H34F4N6O3/c30-22-7-10-24(11-8-22)42-17-16-39(14-2-1-5-23-9-6-20-4-3-13-34-26(20)37-23)15-12-25(27(40)41)38-28-35-18-21(19-36-28)29(31,32)33/h6-11,18-19,25H,1-5,12-17H2,(H,34,37)(H,40,41)(H,35,36,38)/t25-/m0/s1. The van der Waals surface area contributed by atoms with Crippen LogP contribution in [0.5, 0.6) is 5.75 Å². The lowest BCUT2D eigenvalue weighted by Crippen LogP contribution is -2.37. The van der Waals surface area contributed by atoms with E-state index in [2.05, 4.69) is 37.6 Å². The number of fused-ring (bicyclic) bond motifs is 1. The van der Waals surface area contributed by atoms with Crippen molar-refractivity contribution in [3.05, 3.63) is 71.4 Å². The van der Waals surface area contributed by atoms with Crippen molar-refractivity contribution in [2.24, 2.45) is 0 Å². The van der Waals surface area contributed by atoms with Crippen molar-refractivity contribution in [3.63, 3.8) is 0 Å². The first-order valence-electron chi connectivity index (χ1n) is 13.9. The molecule has 13 heteroatoms. The molecule has 0 aliphatic carbocycles. The molecular weight excluding hydrogens is 556 g/mol. The Morgan fingerprint density at radius 3 is 2.55 bits per heavy atom. The van der Waals surface area contributed by atoms with E-state index >= 15 is 0 Å². The number of nitrogens with one attached hydrogen (secondary N) is 2. The molecule has 1 aromatic carbocycles. The Kier molecular flexibility index (Phi) is 10.9. The zero-order valence-electron chi connectivity index (χ0n) is 23.0. The van der Waals surface area contributed by atoms with Crippen LogP contribution in [0.15, 0.2) is 48.8 Å². The van der Waals surface area contributed by atoms with Gasteiger partial charge in [-0.05, 0) is 81.0 Å². The van der Waals surface area contributed by atoms with Gasteiger partial charge in [0.2, 0.25) is 5.95 Å². The molecule has 0 spiro atoms. The summed E-state index contributed by atoms with van der Waals surface area (Å²) in [4.78, 5) is 26.0. The maximum atomic E-state index is 13.2. The number of aromatic nitrogens is 3. The van der Waals surface area contributed by atoms with Gasteiger partial charge in [-0.2, -0.15) is 13.2 Å². The van der Waals surface area contributed by atoms with Crippen LogP contribution in [0.25, 0.3) is 0 Å². The number of unbranched alkanes of at least 4 members (excludes halogenated alkanes) is 1. The molecule has 0 bridgehead atoms. The molecule has 1 aliphatic heterocycles. The van der Waals surface area contributed by atoms with Crippen LogP contribution >= 0.6 is 0 Å². The fourth-order valence-electron chi connectivity index (χ4n) is 4.58. The second kappa shape index (κ2) is 14.8. The molecule has 226 valence electrons. The molecule has 42 heavy (non-hydrogen) atoms. The summed E-state index contributed by atoms with van der Waals surface area (Å²) in [5.41, 5.74) is 1.23. The largest absolute Gasteiger partial charge is 0.492 e. The lowest BCUT2D eigenvalue weighted by molar-refractivity contribution is -0.139. The van der Waals surface area contributed by atoms with Gasteiger partial charge in [-0.15, -0.1) is 0 Å². The lowest BCUT2D eigenvalue weighted by Gasteiger charge is -2.24. The van der Waals surface area contributed by atoms with Gasteiger partial charge in [-0.1, -0.05) is 6.07 Å². The molecule has 3 aromatic rings. The normalized spacial score (nSPS) is 13.7. The number of alkyl halides is 3. The van der Waals surface area contributed by atoms with Crippen LogP contribution in [0.1, 0.15) is 42.5 Å². The first kappa shape index (κ1) is 30.9. The van der Waals surface area contributed by atoms with Crippen LogP contribution in [0.4, 0.5) is 29.3 Å². The van der Waals surface area contributed by atoms with Crippen molar-refractivity contribution in [2.45, 2.75) is 50.7 Å². The third-order valence-electron chi connectivity index (χ3n) is 6.91. The van der Waals surface area contributed by atoms with E-state index in [1.165, 1.54) is 29.8 Å². The van der Waals surface area contributed by atoms with Crippen molar-refractivity contribution in [1.82, 2.24) is 19.9 Å². The highest BCUT2D eigenvalue weighted by Gasteiger charge is 2.31. The van der Waals surface area contributed by atoms with E-state index in [0.717, 1.165) is 50.2 Å². The predicted molar refractivity (Wildman–Crippen MR) is 149 cm³/mol. The van der Waals surface area contributed by atoms with Crippen LogP contribution in [0.2, 0.25) is 0 Å². The summed E-state index contributed by atoms with van der Waals surface area (Å²) in [6.07, 6.45) is 1.42. The molecule has 2 aromatic heterocycles. The van der Waals surface area contributed by atoms with E-state index in [-0.39, 0.29) is 18.2 Å². The van der Waals surface area contributed by atoms with E-state index in [1.54, 1.807) is 0 Å². The van der Waals surface area contributed by atoms with Gasteiger partial charge >= 0.3 is 12.1 Å². The summed E-state index contributed by atoms with van der Waals surface area (Å²) in [7, 11) is 0. The molecule has 1 aliphatic rings. The van der Waals surface area contributed by atoms with Gasteiger partial charge < -0.3 is 20.5 Å². The summed E-state index contributed by atoms with van der Waals surface area (Å²) in [5, 5.41) is 15.7. The average molecular weight is 591 g/mol. The van der Waals surface area contributed by atoms with Crippen molar-refractivity contribution in [3.8, 4) is 5.75 Å². The topological polar surface area (TPSA) is 112 Å². The molecule has 0 unspecified atom stereocenters. The number of halogens is 4. The van der Waals surface area contributed by atoms with Crippen LogP contribution in [-0.2, 0) is 23.8 Å². The van der Waals surface area contributed by atoms with Crippen LogP contribution < -0.4 is 15.4 Å². The zero-order chi connectivity index (χ0) is 30.0. The molecule has 9 nitrogen and oxygen atoms in total. The van der Waals surface area contributed by atoms with Crippen molar-refractivity contribution >= 4 is 17.7 Å². The minimum atomic E-state index is -4.59. The minimum absolute atomic E-state index is 0.147. The Morgan fingerprint density at radius 1 is 1.07 bits per heavy atom. The number of rotatable bonds is 15. The maximum Gasteiger partial charge on any atom is 0.419 e. The molecule has 3 heterocycles. The lowest BCUT2D eigenvalue weighted by atomic mass is 10.1. The Morgan fingerprint density at radius 2 is 1.83 bits per heavy atom. The quantitative estimate of drug-likeness (QED) is 0.165. The van der Waals surface area contributed by atoms with Gasteiger partial charge in [-0.3, -0.25) is 4.90 Å². The summed E-state index contributed by atoms with van der Waals surface area (Å²) < 4.78 is 57.4. The number of carboxylic acids is 1. The second-order valence-electron chi connectivity index (χ2n) is 10.1. The number of aliphatic carboxylic acids is 1. The van der Waals surface area contributed by atoms with Crippen molar-refractivity contribution in [2.75, 3.05) is 43.4 Å². The Balaban J connectivity index is 1.31. The predicted octanol–water partition coefficient (Wildman–Crippen LogP) is 5.05. The number of nitrogens with zero attached hydrogens (tertiary/aromatic N) is 4. The number of anilines is 2. The molecule has 3 N–H and O–H groups in total. The van der Waals surface area contributed by atoms with Gasteiger partial charge in [0.25, 0.3) is 0 Å². The molecule has 0 saturated carbocycles. The molecule has 4 rings (SSSR count). The number of pyridine rings is 1. The zero-order valence-corrected chi connectivity index (χ0v) is 23.0. The Hall–Kier alpha value is -4.00. The third kappa shape index (κ3) is 9.54. The number of hydrogen-bond donors (Lipinski definition) is 3. The van der Waals surface area contributed by atoms with Gasteiger partial charge in [0.05, 0.1) is 5.56 Å². The van der Waals surface area contributed by atoms with E-state index in [4.69, 9.17) is 9.72 Å². The van der Waals surface area contributed by atoms with Gasteiger partial charge in [0.1, 0.15) is 30.0 Å². The van der Waals surface area contributed by atoms with E-state index < -0.39 is 23.8 Å². The number of ether oxygens (including phenoxy) is 1. The Labute approximate surface area is 241 Å². The van der Waals surface area contributed by atoms with Gasteiger partial charge in [0.15, 0.2) is 0 Å². The summed E-state index contributed by atoms with van der Waals surface area (Å²) >= 11 is 0. The molecule has 1 atom stereocenters. The fraction of sp³-hybridized carbons (Fsp3) is 0.448. The highest BCUT2D eigenvalue weighted by molar-refractivity contribution is 5.76. The maximum absolute atomic E-state index is 13.2. The smallest absolute Gasteiger partial charge is 0.419 e. The van der Waals surface area contributed by atoms with Gasteiger partial charge in [-0.25, -0.2) is 24.1 Å². The van der Waals surface area contributed by atoms with Gasteiger partial charge in [0, 0.05) is 37.7 Å². The monoisotopic (exact) mass is 590 g/mol. The first-order chi connectivity index (χ1) is 20.2. The molecule has 0 amide bonds. The highest BCUT2D eigenvalue weighted by Crippen LogP contribution is 2.28. The van der Waals surface area contributed by atoms with E-state index in [1.807, 2.05) is 0 Å². The number of aryl methyl sites for hydroxylation is 2.